The number of carbonyl (C=O) groups is 4. The minimum absolute atomic E-state index is 0.0399. The fourth-order valence-electron chi connectivity index (χ4n) is 2.73. The molecule has 2 aromatic rings. The number of nitrogens with one attached hydrogen (secondary N) is 1. The van der Waals surface area contributed by atoms with Gasteiger partial charge in [-0.2, -0.15) is 0 Å². The Morgan fingerprint density at radius 1 is 1.13 bits per heavy atom. The molecule has 0 spiro atoms. The van der Waals surface area contributed by atoms with E-state index in [-0.39, 0.29) is 17.3 Å². The van der Waals surface area contributed by atoms with Crippen molar-refractivity contribution in [2.24, 2.45) is 0 Å². The van der Waals surface area contributed by atoms with Gasteiger partial charge in [-0.15, -0.1) is 0 Å². The zero-order valence-electron chi connectivity index (χ0n) is 16.4. The van der Waals surface area contributed by atoms with E-state index in [0.29, 0.717) is 33.7 Å². The second-order valence-corrected chi connectivity index (χ2v) is 7.24. The Bertz CT molecular complexity index is 1050. The molecule has 0 unspecified atom stereocenters. The summed E-state index contributed by atoms with van der Waals surface area (Å²) in [5.74, 6) is -1.87. The molecule has 0 saturated carbocycles. The monoisotopic (exact) mass is 442 g/mol. The molecule has 9 nitrogen and oxygen atoms in total. The molecule has 3 rings (SSSR count). The van der Waals surface area contributed by atoms with Crippen LogP contribution in [0, 0.1) is 0 Å². The van der Waals surface area contributed by atoms with Crippen molar-refractivity contribution in [3.8, 4) is 11.5 Å². The van der Waals surface area contributed by atoms with Gasteiger partial charge in [-0.1, -0.05) is 30.3 Å². The molecule has 0 aromatic heterocycles. The number of anilines is 1. The molecular formula is C21H18N2O7S. The number of imide groups is 1. The van der Waals surface area contributed by atoms with Crippen LogP contribution < -0.4 is 14.8 Å². The maximum Gasteiger partial charge on any atom is 0.323 e. The van der Waals surface area contributed by atoms with Crippen molar-refractivity contribution >= 4 is 46.5 Å². The molecule has 1 heterocycles. The quantitative estimate of drug-likeness (QED) is 0.599. The minimum atomic E-state index is -1.29. The smallest absolute Gasteiger partial charge is 0.323 e. The summed E-state index contributed by atoms with van der Waals surface area (Å²) in [6.07, 6.45) is 1.40. The van der Waals surface area contributed by atoms with Crippen LogP contribution in [-0.2, 0) is 14.4 Å². The van der Waals surface area contributed by atoms with Gasteiger partial charge in [0.2, 0.25) is 0 Å². The number of benzene rings is 2. The van der Waals surface area contributed by atoms with E-state index in [0.717, 1.165) is 0 Å². The van der Waals surface area contributed by atoms with Crippen molar-refractivity contribution in [2.75, 3.05) is 25.6 Å². The Labute approximate surface area is 181 Å². The Morgan fingerprint density at radius 2 is 1.87 bits per heavy atom. The average Bonchev–Trinajstić information content (AvgIpc) is 3.00. The summed E-state index contributed by atoms with van der Waals surface area (Å²) in [6, 6.07) is 13.8. The molecule has 1 aliphatic rings. The number of nitrogens with zero attached hydrogens (tertiary/aromatic N) is 1. The van der Waals surface area contributed by atoms with Crippen molar-refractivity contribution in [1.82, 2.24) is 4.90 Å². The fraction of sp³-hybridized carbons (Fsp3) is 0.143. The number of carboxylic acids is 1. The van der Waals surface area contributed by atoms with Crippen LogP contribution in [0.2, 0.25) is 0 Å². The number of thioether (sulfide) groups is 1. The largest absolute Gasteiger partial charge is 0.493 e. The molecular weight excluding hydrogens is 424 g/mol. The van der Waals surface area contributed by atoms with Gasteiger partial charge in [0.15, 0.2) is 18.1 Å². The highest BCUT2D eigenvalue weighted by Gasteiger charge is 2.36. The first kappa shape index (κ1) is 21.9. The lowest BCUT2D eigenvalue weighted by molar-refractivity contribution is -0.140. The minimum Gasteiger partial charge on any atom is -0.493 e. The van der Waals surface area contributed by atoms with Gasteiger partial charge < -0.3 is 19.9 Å². The normalized spacial score (nSPS) is 14.6. The number of carboxylic acid groups (broad SMARTS) is 1. The number of ether oxygens (including phenoxy) is 2. The third kappa shape index (κ3) is 5.43. The van der Waals surface area contributed by atoms with Crippen molar-refractivity contribution in [1.29, 1.82) is 0 Å². The second kappa shape index (κ2) is 9.81. The van der Waals surface area contributed by atoms with Crippen LogP contribution in [0.5, 0.6) is 11.5 Å². The van der Waals surface area contributed by atoms with Gasteiger partial charge in [0.25, 0.3) is 17.1 Å². The molecule has 1 aliphatic heterocycles. The Morgan fingerprint density at radius 3 is 2.55 bits per heavy atom. The summed E-state index contributed by atoms with van der Waals surface area (Å²) in [4.78, 5) is 48.2. The molecule has 3 amide bonds. The highest BCUT2D eigenvalue weighted by molar-refractivity contribution is 8.18. The summed E-state index contributed by atoms with van der Waals surface area (Å²) < 4.78 is 11.0. The third-order valence-electron chi connectivity index (χ3n) is 4.09. The van der Waals surface area contributed by atoms with Gasteiger partial charge in [-0.05, 0) is 36.0 Å². The zero-order valence-corrected chi connectivity index (χ0v) is 17.2. The van der Waals surface area contributed by atoms with Gasteiger partial charge in [-0.25, -0.2) is 0 Å². The van der Waals surface area contributed by atoms with E-state index >= 15 is 0 Å². The first-order chi connectivity index (χ1) is 14.9. The highest BCUT2D eigenvalue weighted by atomic mass is 32.2. The first-order valence-corrected chi connectivity index (χ1v) is 9.82. The van der Waals surface area contributed by atoms with Crippen LogP contribution >= 0.6 is 11.8 Å². The van der Waals surface area contributed by atoms with E-state index in [1.165, 1.54) is 13.2 Å². The van der Waals surface area contributed by atoms with Gasteiger partial charge in [0, 0.05) is 11.3 Å². The van der Waals surface area contributed by atoms with Crippen LogP contribution in [0.25, 0.3) is 6.08 Å². The molecule has 0 radical (unpaired) electrons. The lowest BCUT2D eigenvalue weighted by Crippen LogP contribution is -2.33. The molecule has 1 saturated heterocycles. The molecule has 0 aliphatic carbocycles. The maximum absolute atomic E-state index is 12.4. The maximum atomic E-state index is 12.4. The number of para-hydroxylation sites is 2. The molecule has 0 atom stereocenters. The molecule has 31 heavy (non-hydrogen) atoms. The summed E-state index contributed by atoms with van der Waals surface area (Å²) in [6.45, 7) is -1.04. The van der Waals surface area contributed by atoms with Crippen molar-refractivity contribution in [3.63, 3.8) is 0 Å². The number of hydrogen-bond donors (Lipinski definition) is 2. The SMILES string of the molecule is COc1cccc(/C=C2/SC(=O)N(CC(=O)O)C2=O)c1OCC(=O)Nc1ccccc1. The average molecular weight is 442 g/mol. The number of aliphatic carboxylic acids is 1. The predicted molar refractivity (Wildman–Crippen MR) is 114 cm³/mol. The van der Waals surface area contributed by atoms with E-state index in [1.54, 1.807) is 42.5 Å². The van der Waals surface area contributed by atoms with Crippen LogP contribution in [0.4, 0.5) is 10.5 Å². The van der Waals surface area contributed by atoms with Crippen LogP contribution in [0.3, 0.4) is 0 Å². The van der Waals surface area contributed by atoms with Crippen molar-refractivity contribution in [3.05, 3.63) is 59.0 Å². The summed E-state index contributed by atoms with van der Waals surface area (Å²) in [5, 5.41) is 10.9. The van der Waals surface area contributed by atoms with Gasteiger partial charge in [-0.3, -0.25) is 24.1 Å². The van der Waals surface area contributed by atoms with Crippen LogP contribution in [0.15, 0.2) is 53.4 Å². The molecule has 2 N–H and O–H groups in total. The third-order valence-corrected chi connectivity index (χ3v) is 5.00. The van der Waals surface area contributed by atoms with Gasteiger partial charge in [0.05, 0.1) is 12.0 Å². The van der Waals surface area contributed by atoms with E-state index in [2.05, 4.69) is 5.32 Å². The lowest BCUT2D eigenvalue weighted by Gasteiger charge is -2.14. The number of rotatable bonds is 8. The van der Waals surface area contributed by atoms with E-state index < -0.39 is 29.6 Å². The number of hydrogen-bond acceptors (Lipinski definition) is 7. The number of amides is 3. The zero-order chi connectivity index (χ0) is 22.4. The van der Waals surface area contributed by atoms with E-state index in [1.807, 2.05) is 6.07 Å². The predicted octanol–water partition coefficient (Wildman–Crippen LogP) is 2.83. The van der Waals surface area contributed by atoms with E-state index in [9.17, 15) is 19.2 Å². The number of methoxy groups -OCH3 is 1. The fourth-order valence-corrected chi connectivity index (χ4v) is 3.56. The summed E-state index contributed by atoms with van der Waals surface area (Å²) in [5.41, 5.74) is 1.01. The first-order valence-electron chi connectivity index (χ1n) is 9.01. The van der Waals surface area contributed by atoms with Crippen LogP contribution in [0.1, 0.15) is 5.56 Å². The highest BCUT2D eigenvalue weighted by Crippen LogP contribution is 2.37. The van der Waals surface area contributed by atoms with Gasteiger partial charge >= 0.3 is 5.97 Å². The van der Waals surface area contributed by atoms with Crippen LogP contribution in [-0.4, -0.2) is 53.3 Å². The van der Waals surface area contributed by atoms with Gasteiger partial charge in [0.1, 0.15) is 6.54 Å². The molecule has 0 bridgehead atoms. The van der Waals surface area contributed by atoms with Crippen molar-refractivity contribution < 1.29 is 33.8 Å². The van der Waals surface area contributed by atoms with Crippen molar-refractivity contribution in [2.45, 2.75) is 0 Å². The molecule has 2 aromatic carbocycles. The Hall–Kier alpha value is -3.79. The Kier molecular flexibility index (Phi) is 6.93. The number of carbonyl (C=O) groups excluding carboxylic acids is 3. The molecule has 1 fully saturated rings. The lowest BCUT2D eigenvalue weighted by atomic mass is 10.1. The standard InChI is InChI=1S/C21H18N2O7S/c1-29-15-9-5-6-13(10-16-20(27)23(11-18(25)26)21(28)31-16)19(15)30-12-17(24)22-14-7-3-2-4-8-14/h2-10H,11-12H2,1H3,(H,22,24)(H,25,26)/b16-10+. The molecule has 10 heteroatoms. The Balaban J connectivity index is 1.80. The second-order valence-electron chi connectivity index (χ2n) is 6.24. The van der Waals surface area contributed by atoms with E-state index in [4.69, 9.17) is 14.6 Å². The topological polar surface area (TPSA) is 122 Å². The molecule has 160 valence electrons. The summed E-state index contributed by atoms with van der Waals surface area (Å²) >= 11 is 0.627. The summed E-state index contributed by atoms with van der Waals surface area (Å²) in [7, 11) is 1.43.